The van der Waals surface area contributed by atoms with Gasteiger partial charge in [0.05, 0.1) is 0 Å². The largest absolute Gasteiger partial charge is 0.344 e. The van der Waals surface area contributed by atoms with E-state index in [0.717, 1.165) is 0 Å². The highest BCUT2D eigenvalue weighted by atomic mass is 35.5. The van der Waals surface area contributed by atoms with Gasteiger partial charge in [-0.25, -0.2) is 8.78 Å². The summed E-state index contributed by atoms with van der Waals surface area (Å²) in [6.07, 6.45) is -2.14. The highest BCUT2D eigenvalue weighted by Gasteiger charge is 1.91. The lowest BCUT2D eigenvalue weighted by Gasteiger charge is -1.81. The van der Waals surface area contributed by atoms with Gasteiger partial charge in [0.2, 0.25) is 6.43 Å². The Balaban J connectivity index is -0.0000000800. The first-order valence-electron chi connectivity index (χ1n) is 1.55. The maximum atomic E-state index is 10.8. The summed E-state index contributed by atoms with van der Waals surface area (Å²) >= 11 is 0. The van der Waals surface area contributed by atoms with Crippen LogP contribution in [0.25, 0.3) is 0 Å². The van der Waals surface area contributed by atoms with Crippen molar-refractivity contribution in [3.63, 3.8) is 0 Å². The molecule has 1 nitrogen and oxygen atoms in total. The van der Waals surface area contributed by atoms with E-state index >= 15 is 0 Å². The second kappa shape index (κ2) is 9.44. The first-order chi connectivity index (χ1) is 2.27. The second-order valence-corrected chi connectivity index (χ2v) is 0.799. The first-order valence-corrected chi connectivity index (χ1v) is 1.55. The van der Waals surface area contributed by atoms with Crippen molar-refractivity contribution >= 4 is 12.4 Å². The molecule has 0 fully saturated rings. The van der Waals surface area contributed by atoms with Gasteiger partial charge >= 0.3 is 0 Å². The Bertz CT molecular complexity index is 26.9. The van der Waals surface area contributed by atoms with Gasteiger partial charge in [0.1, 0.15) is 0 Å². The number of alkyl halides is 2. The van der Waals surface area contributed by atoms with E-state index in [2.05, 4.69) is 0 Å². The normalized spacial score (nSPS) is 6.86. The van der Waals surface area contributed by atoms with Crippen LogP contribution < -0.4 is 6.15 Å². The van der Waals surface area contributed by atoms with Crippen molar-refractivity contribution in [2.24, 2.45) is 0 Å². The van der Waals surface area contributed by atoms with Gasteiger partial charge in [-0.15, -0.1) is 12.4 Å². The average molecular weight is 134 g/mol. The van der Waals surface area contributed by atoms with Gasteiger partial charge < -0.3 is 6.15 Å². The standard InChI is InChI=1S/C3H6F2.ClH.H3N/c1-2-3(4)5;;/h3H,2H2,1H3;1H;1H3. The number of hydrogen-bond donors (Lipinski definition) is 1. The lowest BCUT2D eigenvalue weighted by molar-refractivity contribution is 0.144. The van der Waals surface area contributed by atoms with Crippen LogP contribution in [0.3, 0.4) is 0 Å². The predicted octanol–water partition coefficient (Wildman–Crippen LogP) is 2.25. The van der Waals surface area contributed by atoms with Gasteiger partial charge in [0.15, 0.2) is 0 Å². The molecule has 0 aromatic heterocycles. The second-order valence-electron chi connectivity index (χ2n) is 0.799. The van der Waals surface area contributed by atoms with E-state index in [1.54, 1.807) is 0 Å². The van der Waals surface area contributed by atoms with Gasteiger partial charge in [-0.2, -0.15) is 0 Å². The molecule has 0 aliphatic rings. The van der Waals surface area contributed by atoms with Crippen molar-refractivity contribution in [1.29, 1.82) is 0 Å². The SMILES string of the molecule is CCC(F)F.Cl.N. The Hall–Kier alpha value is 0.110. The number of hydrogen-bond acceptors (Lipinski definition) is 1. The molecule has 0 saturated carbocycles. The predicted molar refractivity (Wildman–Crippen MR) is 28.6 cm³/mol. The molecule has 48 valence electrons. The third kappa shape index (κ3) is 23.2. The Labute approximate surface area is 48.1 Å². The minimum Gasteiger partial charge on any atom is -0.344 e. The average Bonchev–Trinajstić information content (AvgIpc) is 1.38. The fourth-order valence-corrected chi connectivity index (χ4v) is 0. The van der Waals surface area contributed by atoms with Crippen molar-refractivity contribution in [2.45, 2.75) is 19.8 Å². The van der Waals surface area contributed by atoms with Crippen molar-refractivity contribution in [1.82, 2.24) is 6.15 Å². The van der Waals surface area contributed by atoms with Crippen molar-refractivity contribution in [2.75, 3.05) is 0 Å². The van der Waals surface area contributed by atoms with Crippen LogP contribution in [-0.2, 0) is 0 Å². The van der Waals surface area contributed by atoms with E-state index < -0.39 is 6.43 Å². The van der Waals surface area contributed by atoms with Crippen LogP contribution in [0.2, 0.25) is 0 Å². The molecule has 0 bridgehead atoms. The molecule has 4 heteroatoms. The number of rotatable bonds is 1. The van der Waals surface area contributed by atoms with Crippen LogP contribution in [0.15, 0.2) is 0 Å². The molecule has 0 aliphatic heterocycles. The molecular formula is C3H10ClF2N. The third-order valence-electron chi connectivity index (χ3n) is 0.309. The number of halogens is 3. The zero-order valence-corrected chi connectivity index (χ0v) is 4.97. The van der Waals surface area contributed by atoms with Crippen molar-refractivity contribution < 1.29 is 8.78 Å². The van der Waals surface area contributed by atoms with Crippen LogP contribution in [0.1, 0.15) is 13.3 Å². The van der Waals surface area contributed by atoms with E-state index in [1.807, 2.05) is 0 Å². The summed E-state index contributed by atoms with van der Waals surface area (Å²) in [5, 5.41) is 0. The van der Waals surface area contributed by atoms with E-state index in [0.29, 0.717) is 0 Å². The molecule has 0 amide bonds. The summed E-state index contributed by atoms with van der Waals surface area (Å²) in [6, 6.07) is 0. The zero-order chi connectivity index (χ0) is 4.28. The zero-order valence-electron chi connectivity index (χ0n) is 4.16. The Kier molecular flexibility index (Phi) is 21.2. The van der Waals surface area contributed by atoms with E-state index in [9.17, 15) is 8.78 Å². The molecular weight excluding hydrogens is 123 g/mol. The summed E-state index contributed by atoms with van der Waals surface area (Å²) < 4.78 is 21.5. The van der Waals surface area contributed by atoms with E-state index in [1.165, 1.54) is 6.92 Å². The Morgan fingerprint density at radius 1 is 1.43 bits per heavy atom. The Morgan fingerprint density at radius 2 is 1.57 bits per heavy atom. The van der Waals surface area contributed by atoms with Crippen LogP contribution in [0, 0.1) is 0 Å². The molecule has 0 aromatic rings. The highest BCUT2D eigenvalue weighted by molar-refractivity contribution is 5.85. The highest BCUT2D eigenvalue weighted by Crippen LogP contribution is 1.93. The molecule has 0 rings (SSSR count). The third-order valence-corrected chi connectivity index (χ3v) is 0.309. The van der Waals surface area contributed by atoms with Crippen LogP contribution >= 0.6 is 12.4 Å². The molecule has 0 aliphatic carbocycles. The lowest BCUT2D eigenvalue weighted by Crippen LogP contribution is -1.80. The van der Waals surface area contributed by atoms with E-state index in [4.69, 9.17) is 0 Å². The molecule has 0 unspecified atom stereocenters. The van der Waals surface area contributed by atoms with Crippen molar-refractivity contribution in [3.05, 3.63) is 0 Å². The molecule has 0 radical (unpaired) electrons. The van der Waals surface area contributed by atoms with Crippen LogP contribution in [-0.4, -0.2) is 6.43 Å². The van der Waals surface area contributed by atoms with Gasteiger partial charge in [-0.1, -0.05) is 6.92 Å². The monoisotopic (exact) mass is 133 g/mol. The van der Waals surface area contributed by atoms with Crippen LogP contribution in [0.4, 0.5) is 8.78 Å². The van der Waals surface area contributed by atoms with Crippen LogP contribution in [0.5, 0.6) is 0 Å². The smallest absolute Gasteiger partial charge is 0.238 e. The Morgan fingerprint density at radius 3 is 1.57 bits per heavy atom. The van der Waals surface area contributed by atoms with Gasteiger partial charge in [0.25, 0.3) is 0 Å². The molecule has 0 heterocycles. The molecule has 3 N–H and O–H groups in total. The first kappa shape index (κ1) is 15.7. The summed E-state index contributed by atoms with van der Waals surface area (Å²) in [4.78, 5) is 0. The van der Waals surface area contributed by atoms with Gasteiger partial charge in [-0.3, -0.25) is 0 Å². The fourth-order valence-electron chi connectivity index (χ4n) is 0. The lowest BCUT2D eigenvalue weighted by atomic mass is 10.5. The topological polar surface area (TPSA) is 35.0 Å². The van der Waals surface area contributed by atoms with Crippen molar-refractivity contribution in [3.8, 4) is 0 Å². The summed E-state index contributed by atoms with van der Waals surface area (Å²) in [7, 11) is 0. The fraction of sp³-hybridized carbons (Fsp3) is 1.00. The van der Waals surface area contributed by atoms with Gasteiger partial charge in [-0.05, 0) is 0 Å². The molecule has 0 saturated heterocycles. The summed E-state index contributed by atoms with van der Waals surface area (Å²) in [6.45, 7) is 1.45. The summed E-state index contributed by atoms with van der Waals surface area (Å²) in [5.41, 5.74) is 0. The minimum atomic E-state index is -2.12. The maximum absolute atomic E-state index is 10.8. The van der Waals surface area contributed by atoms with Gasteiger partial charge in [0, 0.05) is 6.42 Å². The molecule has 0 atom stereocenters. The molecule has 7 heavy (non-hydrogen) atoms. The maximum Gasteiger partial charge on any atom is 0.238 e. The molecule has 0 aromatic carbocycles. The summed E-state index contributed by atoms with van der Waals surface area (Å²) in [5.74, 6) is 0. The quantitative estimate of drug-likeness (QED) is 0.585. The van der Waals surface area contributed by atoms with E-state index in [-0.39, 0.29) is 25.0 Å². The minimum absolute atomic E-state index is 0. The molecule has 0 spiro atoms.